The molecule has 2 heterocycles. The van der Waals surface area contributed by atoms with Crippen LogP contribution >= 0.6 is 0 Å². The highest BCUT2D eigenvalue weighted by molar-refractivity contribution is 5.69. The molecule has 2 aliphatic rings. The lowest BCUT2D eigenvalue weighted by Gasteiger charge is -2.51. The Hall–Kier alpha value is -2.48. The van der Waals surface area contributed by atoms with Gasteiger partial charge in [0, 0.05) is 40.9 Å². The van der Waals surface area contributed by atoms with E-state index in [4.69, 9.17) is 47.4 Å². The van der Waals surface area contributed by atoms with E-state index < -0.39 is 98.0 Å². The van der Waals surface area contributed by atoms with Crippen molar-refractivity contribution in [2.45, 2.75) is 286 Å². The molecule has 470 valence electrons. The summed E-state index contributed by atoms with van der Waals surface area (Å²) < 4.78 is 59.0. The van der Waals surface area contributed by atoms with Crippen molar-refractivity contribution in [3.8, 4) is 0 Å². The Morgan fingerprint density at radius 2 is 0.938 bits per heavy atom. The molecule has 17 heteroatoms. The molecule has 16 atom stereocenters. The highest BCUT2D eigenvalue weighted by Crippen LogP contribution is 2.39. The maximum atomic E-state index is 12.9. The number of esters is 4. The third-order valence-corrected chi connectivity index (χ3v) is 16.1. The monoisotopic (exact) mass is 1140 g/mol. The Bertz CT molecular complexity index is 1660. The van der Waals surface area contributed by atoms with Crippen LogP contribution < -0.4 is 0 Å². The van der Waals surface area contributed by atoms with Crippen molar-refractivity contribution < 1.29 is 81.9 Å². The van der Waals surface area contributed by atoms with Crippen molar-refractivity contribution in [2.75, 3.05) is 46.2 Å². The number of carbonyl (C=O) groups excluding carboxylic acids is 4. The molecule has 0 saturated carbocycles. The number of carbonyl (C=O) groups is 4. The molecular formula is C63H116O17. The molecule has 0 unspecified atom stereocenters. The average Bonchev–Trinajstić information content (AvgIpc) is 3.37. The van der Waals surface area contributed by atoms with Gasteiger partial charge < -0.3 is 62.7 Å². The van der Waals surface area contributed by atoms with Crippen LogP contribution in [0.25, 0.3) is 0 Å². The molecule has 2 aliphatic heterocycles. The van der Waals surface area contributed by atoms with E-state index in [-0.39, 0.29) is 19.8 Å². The van der Waals surface area contributed by atoms with E-state index in [0.717, 1.165) is 83.0 Å². The Morgan fingerprint density at radius 1 is 0.500 bits per heavy atom. The maximum absolute atomic E-state index is 12.9. The van der Waals surface area contributed by atoms with Crippen LogP contribution in [0.15, 0.2) is 0 Å². The molecule has 2 saturated heterocycles. The molecule has 80 heavy (non-hydrogen) atoms. The van der Waals surface area contributed by atoms with Gasteiger partial charge in [-0.15, -0.1) is 0 Å². The van der Waals surface area contributed by atoms with Gasteiger partial charge in [0.15, 0.2) is 18.5 Å². The number of rotatable bonds is 44. The average molecular weight is 1150 g/mol. The summed E-state index contributed by atoms with van der Waals surface area (Å²) in [5.74, 6) is -0.520. The quantitative estimate of drug-likeness (QED) is 0.0223. The van der Waals surface area contributed by atoms with Crippen molar-refractivity contribution in [3.63, 3.8) is 0 Å². The molecule has 2 fully saturated rings. The smallest absolute Gasteiger partial charge is 0.305 e. The van der Waals surface area contributed by atoms with Gasteiger partial charge in [-0.2, -0.15) is 0 Å². The lowest BCUT2D eigenvalue weighted by Crippen LogP contribution is -2.71. The van der Waals surface area contributed by atoms with Crippen molar-refractivity contribution in [3.05, 3.63) is 0 Å². The summed E-state index contributed by atoms with van der Waals surface area (Å²) in [5.41, 5.74) is 0. The predicted molar refractivity (Wildman–Crippen MR) is 308 cm³/mol. The summed E-state index contributed by atoms with van der Waals surface area (Å²) in [7, 11) is 0. The van der Waals surface area contributed by atoms with Gasteiger partial charge in [0.05, 0.1) is 26.4 Å². The molecule has 0 amide bonds. The molecule has 17 nitrogen and oxygen atoms in total. The Labute approximate surface area is 484 Å². The van der Waals surface area contributed by atoms with E-state index in [9.17, 15) is 34.5 Å². The predicted octanol–water partition coefficient (Wildman–Crippen LogP) is 11.2. The van der Waals surface area contributed by atoms with Gasteiger partial charge in [0.25, 0.3) is 5.79 Å². The first-order chi connectivity index (χ1) is 37.8. The summed E-state index contributed by atoms with van der Waals surface area (Å²) in [4.78, 5) is 49.7. The fraction of sp³-hybridized carbons (Fsp3) is 0.937. The van der Waals surface area contributed by atoms with Crippen LogP contribution in [0, 0.1) is 47.3 Å². The Morgan fingerprint density at radius 3 is 1.38 bits per heavy atom. The molecule has 3 N–H and O–H groups in total. The minimum Gasteiger partial charge on any atom is -0.463 e. The molecule has 0 bridgehead atoms. The standard InChI is InChI=1S/C63H116O17/c1-42(2)21-15-23-44(5)25-17-27-46(7)29-19-31-48(9)33-35-71-37-54(73-36-34-49(10)32-20-30-47(8)28-18-26-45(6)24-16-22-43(3)4)38-72-39-55-58(68)59(69)60(70)62(78-55)80-63(79-53(14)67)57(41-74-50(11)64)75-40-56(76-51(12)65)61(63)77-52(13)66/h42-49,54-62,68-70H,15-41H2,1-14H3/t44-,45-,46+,47+,48+,49+,54+,55-,56+,57-,58-,59+,60-,61-,62-,63-/m1/s1. The van der Waals surface area contributed by atoms with Gasteiger partial charge in [-0.1, -0.05) is 185 Å². The van der Waals surface area contributed by atoms with Gasteiger partial charge in [-0.3, -0.25) is 19.2 Å². The second-order valence-corrected chi connectivity index (χ2v) is 25.4. The van der Waals surface area contributed by atoms with Crippen LogP contribution in [0.5, 0.6) is 0 Å². The van der Waals surface area contributed by atoms with Gasteiger partial charge in [0.2, 0.25) is 6.10 Å². The van der Waals surface area contributed by atoms with Gasteiger partial charge in [0.1, 0.15) is 37.1 Å². The molecular weight excluding hydrogens is 1030 g/mol. The normalized spacial score (nSPS) is 26.0. The van der Waals surface area contributed by atoms with Gasteiger partial charge in [-0.25, -0.2) is 0 Å². The summed E-state index contributed by atoms with van der Waals surface area (Å²) in [6.45, 7) is 27.7. The number of aliphatic hydroxyl groups is 3. The van der Waals surface area contributed by atoms with E-state index in [1.807, 2.05) is 0 Å². The molecule has 0 aromatic carbocycles. The lowest BCUT2D eigenvalue weighted by atomic mass is 9.91. The first-order valence-electron chi connectivity index (χ1n) is 31.3. The minimum atomic E-state index is -2.61. The zero-order valence-electron chi connectivity index (χ0n) is 52.5. The topological polar surface area (TPSA) is 221 Å². The highest BCUT2D eigenvalue weighted by atomic mass is 16.8. The van der Waals surface area contributed by atoms with E-state index in [2.05, 4.69) is 69.2 Å². The lowest BCUT2D eigenvalue weighted by molar-refractivity contribution is -0.418. The number of aliphatic hydroxyl groups excluding tert-OH is 3. The SMILES string of the molecule is CC(=O)OC[C@H]1OC[C@H](OC(C)=O)[C@@H](OC(C)=O)[C@]1(OC(C)=O)O[C@H]1O[C@H](COC[C@H](COCC[C@@H](C)CCC[C@@H](C)CCC[C@H](C)CCCC(C)C)OCC[C@@H](C)CCC[C@@H](C)CCC[C@H](C)CCCC(C)C)[C@@H](O)[C@H](O)[C@H]1O. The van der Waals surface area contributed by atoms with Crippen LogP contribution in [0.4, 0.5) is 0 Å². The van der Waals surface area contributed by atoms with Crippen LogP contribution in [0.1, 0.15) is 225 Å². The van der Waals surface area contributed by atoms with E-state index in [0.29, 0.717) is 31.0 Å². The molecule has 2 rings (SSSR count). The first-order valence-corrected chi connectivity index (χ1v) is 31.3. The molecule has 0 aromatic rings. The fourth-order valence-electron chi connectivity index (χ4n) is 11.0. The molecule has 0 spiro atoms. The van der Waals surface area contributed by atoms with Gasteiger partial charge >= 0.3 is 23.9 Å². The van der Waals surface area contributed by atoms with Crippen LogP contribution in [-0.2, 0) is 66.5 Å². The summed E-state index contributed by atoms with van der Waals surface area (Å²) >= 11 is 0. The second-order valence-electron chi connectivity index (χ2n) is 25.4. The van der Waals surface area contributed by atoms with Crippen LogP contribution in [0.3, 0.4) is 0 Å². The van der Waals surface area contributed by atoms with Gasteiger partial charge in [-0.05, 0) is 60.2 Å². The zero-order valence-corrected chi connectivity index (χ0v) is 52.5. The third-order valence-electron chi connectivity index (χ3n) is 16.1. The third kappa shape index (κ3) is 30.9. The summed E-state index contributed by atoms with van der Waals surface area (Å²) in [5, 5.41) is 33.8. The maximum Gasteiger partial charge on any atom is 0.305 e. The van der Waals surface area contributed by atoms with Crippen molar-refractivity contribution in [1.82, 2.24) is 0 Å². The van der Waals surface area contributed by atoms with E-state index in [1.54, 1.807) is 0 Å². The van der Waals surface area contributed by atoms with E-state index in [1.165, 1.54) is 103 Å². The highest BCUT2D eigenvalue weighted by Gasteiger charge is 2.64. The number of hydrogen-bond acceptors (Lipinski definition) is 17. The Balaban J connectivity index is 2.12. The molecule has 0 aromatic heterocycles. The molecule has 0 aliphatic carbocycles. The van der Waals surface area contributed by atoms with Crippen LogP contribution in [0.2, 0.25) is 0 Å². The van der Waals surface area contributed by atoms with Crippen molar-refractivity contribution in [2.24, 2.45) is 47.3 Å². The number of hydrogen-bond donors (Lipinski definition) is 3. The largest absolute Gasteiger partial charge is 0.463 e. The zero-order chi connectivity index (χ0) is 59.8. The summed E-state index contributed by atoms with van der Waals surface area (Å²) in [6.07, 6.45) is 10.6. The fourth-order valence-corrected chi connectivity index (χ4v) is 11.0. The van der Waals surface area contributed by atoms with Crippen molar-refractivity contribution >= 4 is 23.9 Å². The second kappa shape index (κ2) is 40.7. The molecule has 0 radical (unpaired) electrons. The number of ether oxygens (including phenoxy) is 10. The summed E-state index contributed by atoms with van der Waals surface area (Å²) in [6, 6.07) is 0. The van der Waals surface area contributed by atoms with Crippen LogP contribution in [-0.4, -0.2) is 146 Å². The van der Waals surface area contributed by atoms with Crippen molar-refractivity contribution in [1.29, 1.82) is 0 Å². The minimum absolute atomic E-state index is 0.0391. The first kappa shape index (κ1) is 73.6. The van der Waals surface area contributed by atoms with E-state index >= 15 is 0 Å². The Kier molecular flexibility index (Phi) is 37.5.